The molecule has 1 heteroatoms. The van der Waals surface area contributed by atoms with Gasteiger partial charge in [-0.1, -0.05) is 43.3 Å². The van der Waals surface area contributed by atoms with E-state index in [-0.39, 0.29) is 0 Å². The molecule has 0 aliphatic heterocycles. The maximum absolute atomic E-state index is 2.28. The average molecular weight is 227 g/mol. The van der Waals surface area contributed by atoms with Gasteiger partial charge in [0.2, 0.25) is 0 Å². The summed E-state index contributed by atoms with van der Waals surface area (Å²) in [7, 11) is 4.25. The molecule has 0 bridgehead atoms. The van der Waals surface area contributed by atoms with Crippen molar-refractivity contribution in [3.63, 3.8) is 0 Å². The molecule has 1 aromatic rings. The molecule has 17 heavy (non-hydrogen) atoms. The lowest BCUT2D eigenvalue weighted by molar-refractivity contribution is 0.450. The lowest BCUT2D eigenvalue weighted by Gasteiger charge is -2.15. The minimum Gasteiger partial charge on any atom is -0.305 e. The quantitative estimate of drug-likeness (QED) is 0.760. The van der Waals surface area contributed by atoms with Gasteiger partial charge in [-0.3, -0.25) is 0 Å². The molecular formula is C16H21N. The van der Waals surface area contributed by atoms with E-state index in [1.165, 1.54) is 22.3 Å². The van der Waals surface area contributed by atoms with Crippen LogP contribution in [0.1, 0.15) is 24.5 Å². The predicted octanol–water partition coefficient (Wildman–Crippen LogP) is 3.52. The van der Waals surface area contributed by atoms with Crippen LogP contribution in [0.4, 0.5) is 0 Å². The van der Waals surface area contributed by atoms with E-state index in [2.05, 4.69) is 62.3 Å². The maximum atomic E-state index is 2.28. The van der Waals surface area contributed by atoms with Crippen LogP contribution in [-0.4, -0.2) is 25.5 Å². The van der Waals surface area contributed by atoms with Gasteiger partial charge in [-0.05, 0) is 49.2 Å². The molecule has 0 N–H and O–H groups in total. The van der Waals surface area contributed by atoms with E-state index in [0.717, 1.165) is 19.4 Å². The Morgan fingerprint density at radius 2 is 1.94 bits per heavy atom. The topological polar surface area (TPSA) is 3.24 Å². The highest BCUT2D eigenvalue weighted by Gasteiger charge is 2.13. The zero-order valence-corrected chi connectivity index (χ0v) is 11.0. The summed E-state index contributed by atoms with van der Waals surface area (Å²) in [5.74, 6) is 0. The van der Waals surface area contributed by atoms with Gasteiger partial charge in [-0.15, -0.1) is 0 Å². The van der Waals surface area contributed by atoms with Gasteiger partial charge in [0.1, 0.15) is 0 Å². The average Bonchev–Trinajstić information content (AvgIpc) is 2.76. The van der Waals surface area contributed by atoms with E-state index in [0.29, 0.717) is 0 Å². The Morgan fingerprint density at radius 1 is 1.18 bits per heavy atom. The number of allylic oxidation sites excluding steroid dienone is 2. The van der Waals surface area contributed by atoms with E-state index in [1.54, 1.807) is 0 Å². The first-order valence-corrected chi connectivity index (χ1v) is 6.34. The van der Waals surface area contributed by atoms with Crippen molar-refractivity contribution in [2.45, 2.75) is 19.8 Å². The highest BCUT2D eigenvalue weighted by Crippen LogP contribution is 2.31. The summed E-state index contributed by atoms with van der Waals surface area (Å²) in [6.45, 7) is 3.26. The van der Waals surface area contributed by atoms with E-state index >= 15 is 0 Å². The number of likely N-dealkylation sites (N-methyl/N-ethyl adjacent to an activating group) is 1. The number of aryl methyl sites for hydroxylation is 1. The van der Waals surface area contributed by atoms with Crippen molar-refractivity contribution in [2.75, 3.05) is 20.6 Å². The fraction of sp³-hybridized carbons (Fsp3) is 0.375. The molecule has 0 radical (unpaired) electrons. The van der Waals surface area contributed by atoms with Gasteiger partial charge in [-0.25, -0.2) is 0 Å². The third-order valence-electron chi connectivity index (χ3n) is 3.24. The van der Waals surface area contributed by atoms with E-state index in [4.69, 9.17) is 0 Å². The predicted molar refractivity (Wildman–Crippen MR) is 75.1 cm³/mol. The largest absolute Gasteiger partial charge is 0.305 e. The minimum absolute atomic E-state index is 1.03. The van der Waals surface area contributed by atoms with Crippen molar-refractivity contribution in [3.8, 4) is 0 Å². The van der Waals surface area contributed by atoms with Crippen LogP contribution in [-0.2, 0) is 6.42 Å². The normalized spacial score (nSPS) is 15.1. The Balaban J connectivity index is 2.38. The monoisotopic (exact) mass is 227 g/mol. The van der Waals surface area contributed by atoms with Crippen molar-refractivity contribution < 1.29 is 0 Å². The molecule has 0 saturated heterocycles. The smallest absolute Gasteiger partial charge is 0.0230 e. The van der Waals surface area contributed by atoms with Crippen molar-refractivity contribution in [3.05, 3.63) is 53.1 Å². The first-order chi connectivity index (χ1) is 8.22. The van der Waals surface area contributed by atoms with Crippen LogP contribution in [0.25, 0.3) is 5.57 Å². The second-order valence-corrected chi connectivity index (χ2v) is 4.86. The van der Waals surface area contributed by atoms with E-state index in [9.17, 15) is 0 Å². The lowest BCUT2D eigenvalue weighted by Crippen LogP contribution is -2.14. The van der Waals surface area contributed by atoms with Crippen LogP contribution < -0.4 is 0 Å². The lowest BCUT2D eigenvalue weighted by atomic mass is 9.95. The van der Waals surface area contributed by atoms with Crippen molar-refractivity contribution >= 4 is 5.57 Å². The molecule has 1 nitrogen and oxygen atoms in total. The van der Waals surface area contributed by atoms with Crippen molar-refractivity contribution in [2.24, 2.45) is 0 Å². The molecule has 90 valence electrons. The van der Waals surface area contributed by atoms with Crippen LogP contribution in [0, 0.1) is 0 Å². The van der Waals surface area contributed by atoms with Crippen LogP contribution in [0.5, 0.6) is 0 Å². The van der Waals surface area contributed by atoms with E-state index < -0.39 is 0 Å². The van der Waals surface area contributed by atoms with Crippen molar-refractivity contribution in [1.29, 1.82) is 0 Å². The summed E-state index contributed by atoms with van der Waals surface area (Å²) >= 11 is 0. The number of hydrogen-bond donors (Lipinski definition) is 0. The first-order valence-electron chi connectivity index (χ1n) is 6.34. The van der Waals surface area contributed by atoms with Crippen LogP contribution in [0.3, 0.4) is 0 Å². The Kier molecular flexibility index (Phi) is 3.80. The molecule has 0 saturated carbocycles. The van der Waals surface area contributed by atoms with Gasteiger partial charge in [0.05, 0.1) is 0 Å². The second-order valence-electron chi connectivity index (χ2n) is 4.86. The van der Waals surface area contributed by atoms with Crippen LogP contribution >= 0.6 is 0 Å². The first kappa shape index (κ1) is 12.1. The number of rotatable bonds is 4. The molecular weight excluding hydrogens is 206 g/mol. The number of hydrogen-bond acceptors (Lipinski definition) is 1. The van der Waals surface area contributed by atoms with Gasteiger partial charge in [0, 0.05) is 6.54 Å². The van der Waals surface area contributed by atoms with Crippen LogP contribution in [0.15, 0.2) is 42.0 Å². The molecule has 0 atom stereocenters. The highest BCUT2D eigenvalue weighted by atomic mass is 15.0. The summed E-state index contributed by atoms with van der Waals surface area (Å²) in [5.41, 5.74) is 5.88. The molecule has 0 spiro atoms. The third-order valence-corrected chi connectivity index (χ3v) is 3.24. The fourth-order valence-electron chi connectivity index (χ4n) is 2.45. The molecule has 2 rings (SSSR count). The summed E-state index contributed by atoms with van der Waals surface area (Å²) in [6.07, 6.45) is 6.75. The number of benzene rings is 1. The fourth-order valence-corrected chi connectivity index (χ4v) is 2.45. The third kappa shape index (κ3) is 2.67. The molecule has 0 aromatic heterocycles. The maximum Gasteiger partial charge on any atom is 0.0230 e. The summed E-state index contributed by atoms with van der Waals surface area (Å²) < 4.78 is 0. The molecule has 1 aromatic carbocycles. The van der Waals surface area contributed by atoms with Crippen LogP contribution in [0.2, 0.25) is 0 Å². The molecule has 1 aliphatic carbocycles. The molecule has 0 amide bonds. The molecule has 0 unspecified atom stereocenters. The van der Waals surface area contributed by atoms with Gasteiger partial charge >= 0.3 is 0 Å². The Hall–Kier alpha value is -1.34. The summed E-state index contributed by atoms with van der Waals surface area (Å²) in [5, 5.41) is 0. The van der Waals surface area contributed by atoms with Gasteiger partial charge < -0.3 is 4.90 Å². The van der Waals surface area contributed by atoms with Crippen molar-refractivity contribution in [1.82, 2.24) is 4.90 Å². The van der Waals surface area contributed by atoms with E-state index in [1.807, 2.05) is 0 Å². The summed E-state index contributed by atoms with van der Waals surface area (Å²) in [4.78, 5) is 2.24. The highest BCUT2D eigenvalue weighted by molar-refractivity contribution is 5.77. The second kappa shape index (κ2) is 5.33. The Morgan fingerprint density at radius 3 is 2.65 bits per heavy atom. The number of nitrogens with zero attached hydrogens (tertiary/aromatic N) is 1. The Bertz CT molecular complexity index is 452. The van der Waals surface area contributed by atoms with Gasteiger partial charge in [-0.2, -0.15) is 0 Å². The van der Waals surface area contributed by atoms with Gasteiger partial charge in [0.25, 0.3) is 0 Å². The molecule has 0 heterocycles. The SMILES string of the molecule is CCc1ccccc1C1=C(CN(C)C)C=CC1. The van der Waals surface area contributed by atoms with Gasteiger partial charge in [0.15, 0.2) is 0 Å². The standard InChI is InChI=1S/C16H21N/c1-4-13-8-5-6-10-15(13)16-11-7-9-14(16)12-17(2)3/h5-10H,4,11-12H2,1-3H3. The zero-order valence-electron chi connectivity index (χ0n) is 11.0. The minimum atomic E-state index is 1.03. The molecule has 1 aliphatic rings. The molecule has 0 fully saturated rings. The summed E-state index contributed by atoms with van der Waals surface area (Å²) in [6, 6.07) is 8.79. The zero-order chi connectivity index (χ0) is 12.3. The Labute approximate surface area is 104 Å².